The molecule has 6 nitrogen and oxygen atoms in total. The molecule has 2 aliphatic rings. The van der Waals surface area contributed by atoms with E-state index in [1.807, 2.05) is 48.5 Å². The number of hydrogen-bond donors (Lipinski definition) is 1. The van der Waals surface area contributed by atoms with Crippen molar-refractivity contribution in [3.8, 4) is 11.5 Å². The Bertz CT molecular complexity index is 1280. The first-order chi connectivity index (χ1) is 19.1. The van der Waals surface area contributed by atoms with Crippen molar-refractivity contribution in [2.24, 2.45) is 0 Å². The lowest BCUT2D eigenvalue weighted by Crippen LogP contribution is -2.53. The number of halogens is 1. The van der Waals surface area contributed by atoms with E-state index in [1.165, 1.54) is 12.5 Å². The number of fused-ring (bicyclic) bond motifs is 1. The molecule has 1 aliphatic carbocycles. The highest BCUT2D eigenvalue weighted by molar-refractivity contribution is 5.88. The highest BCUT2D eigenvalue weighted by atomic mass is 19.1. The fourth-order valence-electron chi connectivity index (χ4n) is 5.40. The summed E-state index contributed by atoms with van der Waals surface area (Å²) in [7, 11) is 0. The van der Waals surface area contributed by atoms with Gasteiger partial charge in [-0.2, -0.15) is 0 Å². The molecular weight excluding hydrogens is 495 g/mol. The number of nitrogens with zero attached hydrogens (tertiary/aromatic N) is 1. The Kier molecular flexibility index (Phi) is 8.76. The quantitative estimate of drug-likeness (QED) is 0.372. The molecule has 1 saturated carbocycles. The number of carbonyl (C=O) groups is 2. The van der Waals surface area contributed by atoms with Crippen molar-refractivity contribution in [2.75, 3.05) is 6.79 Å². The van der Waals surface area contributed by atoms with Crippen molar-refractivity contribution < 1.29 is 23.5 Å². The number of ether oxygens (including phenoxy) is 2. The summed E-state index contributed by atoms with van der Waals surface area (Å²) < 4.78 is 25.7. The Hall–Kier alpha value is -3.87. The van der Waals surface area contributed by atoms with Gasteiger partial charge in [-0.3, -0.25) is 9.59 Å². The molecule has 2 amide bonds. The average molecular weight is 531 g/mol. The van der Waals surface area contributed by atoms with Crippen LogP contribution in [-0.4, -0.2) is 35.6 Å². The Labute approximate surface area is 229 Å². The fourth-order valence-corrected chi connectivity index (χ4v) is 5.40. The van der Waals surface area contributed by atoms with E-state index >= 15 is 0 Å². The van der Waals surface area contributed by atoms with E-state index in [-0.39, 0.29) is 37.6 Å². The largest absolute Gasteiger partial charge is 0.454 e. The molecule has 0 unspecified atom stereocenters. The Morgan fingerprint density at radius 3 is 2.44 bits per heavy atom. The minimum absolute atomic E-state index is 0.0161. The highest BCUT2D eigenvalue weighted by Crippen LogP contribution is 2.33. The van der Waals surface area contributed by atoms with Crippen LogP contribution in [0.5, 0.6) is 11.5 Å². The number of hydrogen-bond acceptors (Lipinski definition) is 4. The molecule has 1 heterocycles. The second-order valence-corrected chi connectivity index (χ2v) is 10.3. The van der Waals surface area contributed by atoms with Crippen LogP contribution in [-0.2, 0) is 29.0 Å². The molecule has 7 heteroatoms. The van der Waals surface area contributed by atoms with Crippen LogP contribution in [0.1, 0.15) is 55.2 Å². The van der Waals surface area contributed by atoms with E-state index in [4.69, 9.17) is 9.47 Å². The minimum atomic E-state index is -0.766. The molecule has 1 atom stereocenters. The first-order valence-corrected chi connectivity index (χ1v) is 13.8. The van der Waals surface area contributed by atoms with Gasteiger partial charge in [0.2, 0.25) is 18.6 Å². The lowest BCUT2D eigenvalue weighted by Gasteiger charge is -2.33. The van der Waals surface area contributed by atoms with E-state index in [9.17, 15) is 14.0 Å². The molecule has 204 valence electrons. The normalized spacial score (nSPS) is 15.5. The van der Waals surface area contributed by atoms with Crippen LogP contribution in [0.15, 0.2) is 72.8 Å². The van der Waals surface area contributed by atoms with Crippen molar-refractivity contribution in [3.63, 3.8) is 0 Å². The molecule has 0 spiro atoms. The van der Waals surface area contributed by atoms with Gasteiger partial charge in [-0.05, 0) is 48.6 Å². The summed E-state index contributed by atoms with van der Waals surface area (Å²) in [5, 5.41) is 3.22. The van der Waals surface area contributed by atoms with Gasteiger partial charge in [0.05, 0.1) is 0 Å². The van der Waals surface area contributed by atoms with Crippen molar-refractivity contribution in [2.45, 2.75) is 70.0 Å². The van der Waals surface area contributed by atoms with Crippen molar-refractivity contribution >= 4 is 11.8 Å². The summed E-state index contributed by atoms with van der Waals surface area (Å²) in [5.41, 5.74) is 2.27. The van der Waals surface area contributed by atoms with Crippen molar-refractivity contribution in [1.82, 2.24) is 10.2 Å². The lowest BCUT2D eigenvalue weighted by molar-refractivity contribution is -0.141. The van der Waals surface area contributed by atoms with Crippen LogP contribution in [0.2, 0.25) is 0 Å². The molecule has 0 radical (unpaired) electrons. The third kappa shape index (κ3) is 6.96. The Morgan fingerprint density at radius 2 is 1.64 bits per heavy atom. The second-order valence-electron chi connectivity index (χ2n) is 10.3. The molecule has 3 aromatic rings. The second kappa shape index (κ2) is 12.8. The van der Waals surface area contributed by atoms with Crippen LogP contribution < -0.4 is 14.8 Å². The topological polar surface area (TPSA) is 67.9 Å². The van der Waals surface area contributed by atoms with Crippen molar-refractivity contribution in [1.29, 1.82) is 0 Å². The van der Waals surface area contributed by atoms with Crippen LogP contribution in [0.4, 0.5) is 4.39 Å². The zero-order chi connectivity index (χ0) is 27.0. The molecule has 1 aliphatic heterocycles. The number of benzene rings is 3. The number of aryl methyl sites for hydroxylation is 1. The summed E-state index contributed by atoms with van der Waals surface area (Å²) in [5.74, 6) is 0.580. The zero-order valence-corrected chi connectivity index (χ0v) is 22.1. The maximum atomic E-state index is 14.8. The predicted molar refractivity (Wildman–Crippen MR) is 147 cm³/mol. The highest BCUT2D eigenvalue weighted by Gasteiger charge is 2.32. The maximum Gasteiger partial charge on any atom is 0.243 e. The Morgan fingerprint density at radius 1 is 0.897 bits per heavy atom. The van der Waals surface area contributed by atoms with Gasteiger partial charge in [0.1, 0.15) is 11.9 Å². The predicted octanol–water partition coefficient (Wildman–Crippen LogP) is 5.58. The fraction of sp³-hybridized carbons (Fsp3) is 0.375. The van der Waals surface area contributed by atoms with Gasteiger partial charge in [-0.25, -0.2) is 4.39 Å². The van der Waals surface area contributed by atoms with Gasteiger partial charge in [0.15, 0.2) is 11.5 Å². The van der Waals surface area contributed by atoms with E-state index < -0.39 is 11.9 Å². The maximum absolute atomic E-state index is 14.8. The lowest BCUT2D eigenvalue weighted by atomic mass is 9.94. The van der Waals surface area contributed by atoms with E-state index in [0.29, 0.717) is 29.9 Å². The summed E-state index contributed by atoms with van der Waals surface area (Å²) >= 11 is 0. The molecule has 0 aromatic heterocycles. The van der Waals surface area contributed by atoms with Crippen LogP contribution in [0, 0.1) is 5.82 Å². The first kappa shape index (κ1) is 26.7. The van der Waals surface area contributed by atoms with Gasteiger partial charge < -0.3 is 19.7 Å². The number of rotatable bonds is 10. The van der Waals surface area contributed by atoms with Gasteiger partial charge in [-0.1, -0.05) is 73.9 Å². The van der Waals surface area contributed by atoms with Crippen LogP contribution in [0.3, 0.4) is 0 Å². The van der Waals surface area contributed by atoms with E-state index in [2.05, 4.69) is 5.32 Å². The molecule has 5 rings (SSSR count). The van der Waals surface area contributed by atoms with E-state index in [1.54, 1.807) is 23.1 Å². The Balaban J connectivity index is 1.40. The summed E-state index contributed by atoms with van der Waals surface area (Å²) in [4.78, 5) is 29.2. The van der Waals surface area contributed by atoms with Gasteiger partial charge in [-0.15, -0.1) is 0 Å². The molecule has 0 saturated heterocycles. The van der Waals surface area contributed by atoms with Crippen molar-refractivity contribution in [3.05, 3.63) is 95.3 Å². The van der Waals surface area contributed by atoms with Crippen LogP contribution >= 0.6 is 0 Å². The van der Waals surface area contributed by atoms with Gasteiger partial charge >= 0.3 is 0 Å². The van der Waals surface area contributed by atoms with Gasteiger partial charge in [0.25, 0.3) is 0 Å². The summed E-state index contributed by atoms with van der Waals surface area (Å²) in [6, 6.07) is 21.1. The molecule has 1 N–H and O–H groups in total. The number of carbonyl (C=O) groups excluding carboxylic acids is 2. The molecule has 39 heavy (non-hydrogen) atoms. The number of amides is 2. The molecule has 3 aromatic carbocycles. The summed E-state index contributed by atoms with van der Waals surface area (Å²) in [6.07, 6.45) is 6.22. The van der Waals surface area contributed by atoms with Crippen LogP contribution in [0.25, 0.3) is 0 Å². The third-order valence-corrected chi connectivity index (χ3v) is 7.59. The molecule has 0 bridgehead atoms. The number of nitrogens with one attached hydrogen (secondary N) is 1. The molecule has 1 fully saturated rings. The first-order valence-electron chi connectivity index (χ1n) is 13.8. The zero-order valence-electron chi connectivity index (χ0n) is 22.1. The standard InChI is InChI=1S/C32H35FN2O4/c33-27-14-8-7-11-25(27)21-35(31(36)18-16-24-15-17-29-30(20-24)39-22-38-29)28(19-23-9-3-1-4-10-23)32(37)34-26-12-5-2-6-13-26/h1,3-4,7-11,14-15,17,20,26,28H,2,5-6,12-13,16,18-19,21-22H2,(H,34,37)/t28-/m0/s1. The monoisotopic (exact) mass is 530 g/mol. The minimum Gasteiger partial charge on any atom is -0.454 e. The van der Waals surface area contributed by atoms with E-state index in [0.717, 1.165) is 36.8 Å². The smallest absolute Gasteiger partial charge is 0.243 e. The SMILES string of the molecule is O=C(NC1CCCCC1)[C@H](Cc1ccccc1)N(Cc1ccccc1F)C(=O)CCc1ccc2c(c1)OCO2. The van der Waals surface area contributed by atoms with Gasteiger partial charge in [0, 0.05) is 31.0 Å². The third-order valence-electron chi connectivity index (χ3n) is 7.59. The summed E-state index contributed by atoms with van der Waals surface area (Å²) in [6.45, 7) is 0.202. The average Bonchev–Trinajstić information content (AvgIpc) is 3.44. The molecular formula is C32H35FN2O4.